The van der Waals surface area contributed by atoms with Gasteiger partial charge in [0.1, 0.15) is 0 Å². The highest BCUT2D eigenvalue weighted by Crippen LogP contribution is 2.36. The molecule has 1 atom stereocenters. The molecule has 104 valence electrons. The van der Waals surface area contributed by atoms with Gasteiger partial charge in [-0.05, 0) is 35.7 Å². The van der Waals surface area contributed by atoms with Crippen molar-refractivity contribution in [3.05, 3.63) is 65.2 Å². The van der Waals surface area contributed by atoms with Crippen molar-refractivity contribution in [2.45, 2.75) is 23.1 Å². The maximum Gasteiger partial charge on any atom is 0.234 e. The quantitative estimate of drug-likeness (QED) is 0.947. The van der Waals surface area contributed by atoms with Crippen molar-refractivity contribution in [1.82, 2.24) is 5.32 Å². The second kappa shape index (κ2) is 6.02. The van der Waals surface area contributed by atoms with Gasteiger partial charge in [-0.25, -0.2) is 0 Å². The fraction of sp³-hybridized carbons (Fsp3) is 0.176. The summed E-state index contributed by atoms with van der Waals surface area (Å²) in [5.74, 6) is 0.0542. The van der Waals surface area contributed by atoms with Gasteiger partial charge in [0, 0.05) is 11.4 Å². The van der Waals surface area contributed by atoms with Crippen LogP contribution in [0.15, 0.2) is 53.4 Å². The zero-order chi connectivity index (χ0) is 14.7. The van der Waals surface area contributed by atoms with Gasteiger partial charge < -0.3 is 5.32 Å². The number of nitriles is 1. The Hall–Kier alpha value is -2.25. The number of fused-ring (bicyclic) bond motifs is 1. The smallest absolute Gasteiger partial charge is 0.234 e. The number of thioether (sulfide) groups is 1. The van der Waals surface area contributed by atoms with E-state index in [0.717, 1.165) is 12.0 Å². The minimum absolute atomic E-state index is 0.0541. The minimum atomic E-state index is -0.0541. The van der Waals surface area contributed by atoms with Crippen LogP contribution in [-0.2, 0) is 17.8 Å². The summed E-state index contributed by atoms with van der Waals surface area (Å²) in [4.78, 5) is 13.4. The molecular weight excluding hydrogens is 280 g/mol. The number of carbonyl (C=O) groups is 1. The number of amides is 1. The van der Waals surface area contributed by atoms with E-state index < -0.39 is 0 Å². The van der Waals surface area contributed by atoms with Crippen molar-refractivity contribution in [2.75, 3.05) is 0 Å². The Bertz CT molecular complexity index is 696. The lowest BCUT2D eigenvalue weighted by Gasteiger charge is -2.10. The molecule has 0 fully saturated rings. The van der Waals surface area contributed by atoms with E-state index >= 15 is 0 Å². The molecule has 0 saturated carbocycles. The van der Waals surface area contributed by atoms with Gasteiger partial charge in [-0.1, -0.05) is 30.3 Å². The lowest BCUT2D eigenvalue weighted by molar-refractivity contribution is -0.120. The molecule has 1 heterocycles. The lowest BCUT2D eigenvalue weighted by Crippen LogP contribution is -2.31. The summed E-state index contributed by atoms with van der Waals surface area (Å²) >= 11 is 1.62. The Morgan fingerprint density at radius 2 is 2.14 bits per heavy atom. The van der Waals surface area contributed by atoms with Gasteiger partial charge in [-0.2, -0.15) is 5.26 Å². The first-order valence-corrected chi connectivity index (χ1v) is 7.65. The van der Waals surface area contributed by atoms with Gasteiger partial charge >= 0.3 is 0 Å². The molecule has 4 heteroatoms. The molecule has 3 rings (SSSR count). The number of nitrogens with one attached hydrogen (secondary N) is 1. The molecule has 0 aromatic heterocycles. The van der Waals surface area contributed by atoms with Gasteiger partial charge in [0.15, 0.2) is 0 Å². The van der Waals surface area contributed by atoms with Crippen LogP contribution in [0.4, 0.5) is 0 Å². The van der Waals surface area contributed by atoms with Gasteiger partial charge in [0.05, 0.1) is 16.9 Å². The van der Waals surface area contributed by atoms with Crippen LogP contribution in [-0.4, -0.2) is 11.2 Å². The minimum Gasteiger partial charge on any atom is -0.351 e. The first kappa shape index (κ1) is 13.7. The predicted molar refractivity (Wildman–Crippen MR) is 82.8 cm³/mol. The first-order valence-electron chi connectivity index (χ1n) is 6.77. The van der Waals surface area contributed by atoms with E-state index in [1.54, 1.807) is 23.9 Å². The molecule has 21 heavy (non-hydrogen) atoms. The van der Waals surface area contributed by atoms with Crippen molar-refractivity contribution in [3.63, 3.8) is 0 Å². The third kappa shape index (κ3) is 3.09. The average molecular weight is 294 g/mol. The normalized spacial score (nSPS) is 16.0. The molecule has 2 aromatic rings. The fourth-order valence-electron chi connectivity index (χ4n) is 2.38. The zero-order valence-electron chi connectivity index (χ0n) is 11.4. The second-order valence-electron chi connectivity index (χ2n) is 4.95. The van der Waals surface area contributed by atoms with E-state index in [1.807, 2.05) is 24.3 Å². The number of nitrogens with zero attached hydrogens (tertiary/aromatic N) is 1. The van der Waals surface area contributed by atoms with Crippen LogP contribution < -0.4 is 5.32 Å². The molecule has 0 saturated heterocycles. The molecule has 1 aliphatic rings. The van der Waals surface area contributed by atoms with E-state index in [-0.39, 0.29) is 11.2 Å². The third-order valence-corrected chi connectivity index (χ3v) is 4.78. The molecular formula is C17H14N2OS. The fourth-order valence-corrected chi connectivity index (χ4v) is 3.60. The molecule has 3 nitrogen and oxygen atoms in total. The van der Waals surface area contributed by atoms with E-state index in [4.69, 9.17) is 5.26 Å². The Labute approximate surface area is 128 Å². The van der Waals surface area contributed by atoms with Crippen molar-refractivity contribution in [3.8, 4) is 6.07 Å². The molecule has 0 spiro atoms. The van der Waals surface area contributed by atoms with Crippen molar-refractivity contribution in [1.29, 1.82) is 5.26 Å². The Morgan fingerprint density at radius 3 is 2.95 bits per heavy atom. The second-order valence-corrected chi connectivity index (χ2v) is 6.19. The number of hydrogen-bond donors (Lipinski definition) is 1. The SMILES string of the molecule is N#Cc1cccc(CNC(=O)C2Cc3ccccc3S2)c1. The topological polar surface area (TPSA) is 52.9 Å². The van der Waals surface area contributed by atoms with E-state index in [0.29, 0.717) is 12.1 Å². The van der Waals surface area contributed by atoms with Gasteiger partial charge in [0.25, 0.3) is 0 Å². The average Bonchev–Trinajstić information content (AvgIpc) is 2.97. The van der Waals surface area contributed by atoms with Crippen LogP contribution >= 0.6 is 11.8 Å². The summed E-state index contributed by atoms with van der Waals surface area (Å²) in [6, 6.07) is 17.6. The molecule has 0 bridgehead atoms. The summed E-state index contributed by atoms with van der Waals surface area (Å²) < 4.78 is 0. The summed E-state index contributed by atoms with van der Waals surface area (Å²) in [5.41, 5.74) is 2.81. The van der Waals surface area contributed by atoms with E-state index in [1.165, 1.54) is 10.5 Å². The van der Waals surface area contributed by atoms with Crippen LogP contribution in [0.5, 0.6) is 0 Å². The molecule has 0 radical (unpaired) electrons. The molecule has 1 aliphatic heterocycles. The number of hydrogen-bond acceptors (Lipinski definition) is 3. The number of benzene rings is 2. The van der Waals surface area contributed by atoms with Crippen LogP contribution in [0.2, 0.25) is 0 Å². The van der Waals surface area contributed by atoms with E-state index in [9.17, 15) is 4.79 Å². The van der Waals surface area contributed by atoms with Crippen LogP contribution in [0, 0.1) is 11.3 Å². The maximum atomic E-state index is 12.2. The summed E-state index contributed by atoms with van der Waals surface area (Å²) in [5, 5.41) is 11.8. The monoisotopic (exact) mass is 294 g/mol. The van der Waals surface area contributed by atoms with Crippen LogP contribution in [0.25, 0.3) is 0 Å². The van der Waals surface area contributed by atoms with Crippen LogP contribution in [0.3, 0.4) is 0 Å². The molecule has 2 aromatic carbocycles. The standard InChI is InChI=1S/C17H14N2OS/c18-10-12-4-3-5-13(8-12)11-19-17(20)16-9-14-6-1-2-7-15(14)21-16/h1-8,16H,9,11H2,(H,19,20). The summed E-state index contributed by atoms with van der Waals surface area (Å²) in [6.07, 6.45) is 0.783. The van der Waals surface area contributed by atoms with Crippen molar-refractivity contribution in [2.24, 2.45) is 0 Å². The highest BCUT2D eigenvalue weighted by atomic mass is 32.2. The zero-order valence-corrected chi connectivity index (χ0v) is 12.2. The van der Waals surface area contributed by atoms with Gasteiger partial charge in [-0.15, -0.1) is 11.8 Å². The largest absolute Gasteiger partial charge is 0.351 e. The predicted octanol–water partition coefficient (Wildman–Crippen LogP) is 2.89. The van der Waals surface area contributed by atoms with Gasteiger partial charge in [0.2, 0.25) is 5.91 Å². The van der Waals surface area contributed by atoms with Crippen molar-refractivity contribution < 1.29 is 4.79 Å². The van der Waals surface area contributed by atoms with E-state index in [2.05, 4.69) is 23.5 Å². The Balaban J connectivity index is 1.60. The van der Waals surface area contributed by atoms with Crippen molar-refractivity contribution >= 4 is 17.7 Å². The third-order valence-electron chi connectivity index (χ3n) is 3.46. The molecule has 1 N–H and O–H groups in total. The molecule has 1 amide bonds. The number of rotatable bonds is 3. The molecule has 0 aliphatic carbocycles. The van der Waals surface area contributed by atoms with Gasteiger partial charge in [-0.3, -0.25) is 4.79 Å². The van der Waals surface area contributed by atoms with Crippen LogP contribution in [0.1, 0.15) is 16.7 Å². The first-order chi connectivity index (χ1) is 10.3. The Kier molecular flexibility index (Phi) is 3.94. The summed E-state index contributed by atoms with van der Waals surface area (Å²) in [7, 11) is 0. The highest BCUT2D eigenvalue weighted by molar-refractivity contribution is 8.01. The summed E-state index contributed by atoms with van der Waals surface area (Å²) in [6.45, 7) is 0.460. The highest BCUT2D eigenvalue weighted by Gasteiger charge is 2.27. The number of carbonyl (C=O) groups excluding carboxylic acids is 1. The lowest BCUT2D eigenvalue weighted by atomic mass is 10.1. The maximum absolute atomic E-state index is 12.2. The molecule has 1 unspecified atom stereocenters. The Morgan fingerprint density at radius 1 is 1.29 bits per heavy atom.